The highest BCUT2D eigenvalue weighted by Gasteiger charge is 2.31. The van der Waals surface area contributed by atoms with Crippen LogP contribution < -0.4 is 5.32 Å². The van der Waals surface area contributed by atoms with Gasteiger partial charge in [0.25, 0.3) is 0 Å². The zero-order valence-electron chi connectivity index (χ0n) is 11.8. The summed E-state index contributed by atoms with van der Waals surface area (Å²) in [5.41, 5.74) is 0. The van der Waals surface area contributed by atoms with Crippen LogP contribution in [0.3, 0.4) is 0 Å². The summed E-state index contributed by atoms with van der Waals surface area (Å²) in [4.78, 5) is 2.54. The maximum Gasteiger partial charge on any atom is 0.0860 e. The zero-order chi connectivity index (χ0) is 13.8. The van der Waals surface area contributed by atoms with E-state index in [1.165, 1.54) is 19.4 Å². The Morgan fingerprint density at radius 1 is 1.50 bits per heavy atom. The van der Waals surface area contributed by atoms with Crippen molar-refractivity contribution in [1.82, 2.24) is 20.0 Å². The molecule has 0 spiro atoms. The van der Waals surface area contributed by atoms with E-state index < -0.39 is 6.10 Å². The molecule has 2 aliphatic heterocycles. The van der Waals surface area contributed by atoms with Crippen LogP contribution >= 0.6 is 0 Å². The van der Waals surface area contributed by atoms with Crippen LogP contribution in [0.25, 0.3) is 0 Å². The molecule has 112 valence electrons. The molecule has 0 amide bonds. The molecule has 3 rings (SSSR count). The first-order valence-electron chi connectivity index (χ1n) is 7.53. The first-order valence-corrected chi connectivity index (χ1v) is 7.53. The van der Waals surface area contributed by atoms with Crippen LogP contribution in [0.1, 0.15) is 12.8 Å². The van der Waals surface area contributed by atoms with Crippen LogP contribution in [0.4, 0.5) is 0 Å². The molecule has 2 fully saturated rings. The standard InChI is InChI=1S/C14H24N4O2/c19-13(9-18-6-2-4-16-18)7-15-8-14-10-17-5-1-3-12(17)11-20-14/h2,4,6,12-15,19H,1,3,5,7-11H2. The number of rotatable bonds is 6. The third-order valence-corrected chi connectivity index (χ3v) is 4.17. The Balaban J connectivity index is 1.33. The summed E-state index contributed by atoms with van der Waals surface area (Å²) in [6.07, 6.45) is 6.00. The summed E-state index contributed by atoms with van der Waals surface area (Å²) in [5.74, 6) is 0. The maximum absolute atomic E-state index is 9.93. The lowest BCUT2D eigenvalue weighted by Gasteiger charge is -2.35. The second-order valence-electron chi connectivity index (χ2n) is 5.79. The first-order chi connectivity index (χ1) is 9.81. The second-order valence-corrected chi connectivity index (χ2v) is 5.79. The Morgan fingerprint density at radius 3 is 3.30 bits per heavy atom. The molecule has 3 atom stereocenters. The van der Waals surface area contributed by atoms with Crippen LogP contribution in [0.5, 0.6) is 0 Å². The molecule has 20 heavy (non-hydrogen) atoms. The average Bonchev–Trinajstić information content (AvgIpc) is 3.09. The highest BCUT2D eigenvalue weighted by molar-refractivity contribution is 4.86. The maximum atomic E-state index is 9.93. The van der Waals surface area contributed by atoms with Crippen LogP contribution in [-0.4, -0.2) is 70.8 Å². The van der Waals surface area contributed by atoms with E-state index >= 15 is 0 Å². The predicted molar refractivity (Wildman–Crippen MR) is 75.4 cm³/mol. The summed E-state index contributed by atoms with van der Waals surface area (Å²) >= 11 is 0. The average molecular weight is 280 g/mol. The Kier molecular flexibility index (Phi) is 4.67. The van der Waals surface area contributed by atoms with Crippen LogP contribution in [0.15, 0.2) is 18.5 Å². The van der Waals surface area contributed by atoms with E-state index in [1.807, 2.05) is 12.3 Å². The van der Waals surface area contributed by atoms with Gasteiger partial charge >= 0.3 is 0 Å². The molecule has 1 aromatic rings. The fourth-order valence-corrected chi connectivity index (χ4v) is 3.11. The van der Waals surface area contributed by atoms with Crippen molar-refractivity contribution in [2.24, 2.45) is 0 Å². The van der Waals surface area contributed by atoms with Crippen LogP contribution in [0.2, 0.25) is 0 Å². The minimum absolute atomic E-state index is 0.251. The molecule has 0 aliphatic carbocycles. The smallest absolute Gasteiger partial charge is 0.0860 e. The lowest BCUT2D eigenvalue weighted by molar-refractivity contribution is -0.0477. The van der Waals surface area contributed by atoms with Gasteiger partial charge in [0.1, 0.15) is 0 Å². The number of ether oxygens (including phenoxy) is 1. The molecule has 2 N–H and O–H groups in total. The summed E-state index contributed by atoms with van der Waals surface area (Å²) in [6.45, 7) is 5.00. The number of aliphatic hydroxyl groups excluding tert-OH is 1. The molecule has 3 heterocycles. The molecule has 0 radical (unpaired) electrons. The molecule has 0 saturated carbocycles. The van der Waals surface area contributed by atoms with Crippen LogP contribution in [-0.2, 0) is 11.3 Å². The van der Waals surface area contributed by atoms with Crippen LogP contribution in [0, 0.1) is 0 Å². The Morgan fingerprint density at radius 2 is 2.45 bits per heavy atom. The highest BCUT2D eigenvalue weighted by Crippen LogP contribution is 2.22. The molecule has 2 saturated heterocycles. The van der Waals surface area contributed by atoms with Crippen molar-refractivity contribution in [3.8, 4) is 0 Å². The molecule has 6 heteroatoms. The number of morpholine rings is 1. The van der Waals surface area contributed by atoms with Crippen molar-refractivity contribution in [1.29, 1.82) is 0 Å². The summed E-state index contributed by atoms with van der Waals surface area (Å²) in [6, 6.07) is 2.51. The number of hydrogen-bond donors (Lipinski definition) is 2. The first kappa shape index (κ1) is 14.0. The second kappa shape index (κ2) is 6.67. The van der Waals surface area contributed by atoms with E-state index in [0.717, 1.165) is 19.7 Å². The van der Waals surface area contributed by atoms with E-state index in [9.17, 15) is 5.11 Å². The van der Waals surface area contributed by atoms with Crippen molar-refractivity contribution >= 4 is 0 Å². The van der Waals surface area contributed by atoms with Crippen molar-refractivity contribution in [3.63, 3.8) is 0 Å². The molecule has 3 unspecified atom stereocenters. The van der Waals surface area contributed by atoms with E-state index in [-0.39, 0.29) is 6.10 Å². The van der Waals surface area contributed by atoms with Gasteiger partial charge in [0.15, 0.2) is 0 Å². The minimum Gasteiger partial charge on any atom is -0.390 e. The van der Waals surface area contributed by atoms with Crippen molar-refractivity contribution in [3.05, 3.63) is 18.5 Å². The van der Waals surface area contributed by atoms with Gasteiger partial charge in [-0.1, -0.05) is 0 Å². The number of fused-ring (bicyclic) bond motifs is 1. The fraction of sp³-hybridized carbons (Fsp3) is 0.786. The van der Waals surface area contributed by atoms with Gasteiger partial charge in [-0.25, -0.2) is 0 Å². The molecule has 0 aromatic carbocycles. The SMILES string of the molecule is OC(CNCC1CN2CCCC2CO1)Cn1cccn1. The van der Waals surface area contributed by atoms with E-state index in [1.54, 1.807) is 10.9 Å². The third kappa shape index (κ3) is 3.58. The van der Waals surface area contributed by atoms with Gasteiger partial charge in [-0.2, -0.15) is 5.10 Å². The number of hydrogen-bond acceptors (Lipinski definition) is 5. The monoisotopic (exact) mass is 280 g/mol. The lowest BCUT2D eigenvalue weighted by Crippen LogP contribution is -2.50. The molecule has 1 aromatic heterocycles. The topological polar surface area (TPSA) is 62.6 Å². The largest absolute Gasteiger partial charge is 0.390 e. The number of aliphatic hydroxyl groups is 1. The Bertz CT molecular complexity index is 398. The lowest BCUT2D eigenvalue weighted by atomic mass is 10.2. The highest BCUT2D eigenvalue weighted by atomic mass is 16.5. The van der Waals surface area contributed by atoms with Gasteiger partial charge in [0.2, 0.25) is 0 Å². The quantitative estimate of drug-likeness (QED) is 0.749. The van der Waals surface area contributed by atoms with Crippen molar-refractivity contribution < 1.29 is 9.84 Å². The number of aromatic nitrogens is 2. The van der Waals surface area contributed by atoms with Gasteiger partial charge in [-0.15, -0.1) is 0 Å². The number of nitrogens with zero attached hydrogens (tertiary/aromatic N) is 3. The summed E-state index contributed by atoms with van der Waals surface area (Å²) < 4.78 is 7.62. The van der Waals surface area contributed by atoms with E-state index in [0.29, 0.717) is 19.1 Å². The summed E-state index contributed by atoms with van der Waals surface area (Å²) in [5, 5.41) is 17.3. The van der Waals surface area contributed by atoms with E-state index in [2.05, 4.69) is 15.3 Å². The summed E-state index contributed by atoms with van der Waals surface area (Å²) in [7, 11) is 0. The molecule has 2 aliphatic rings. The molecule has 0 bridgehead atoms. The fourth-order valence-electron chi connectivity index (χ4n) is 3.11. The Labute approximate surface area is 119 Å². The zero-order valence-corrected chi connectivity index (χ0v) is 11.8. The predicted octanol–water partition coefficient (Wildman–Crippen LogP) is -0.303. The molecular formula is C14H24N4O2. The van der Waals surface area contributed by atoms with E-state index in [4.69, 9.17) is 4.74 Å². The van der Waals surface area contributed by atoms with Gasteiger partial charge in [-0.3, -0.25) is 9.58 Å². The third-order valence-electron chi connectivity index (χ3n) is 4.17. The normalized spacial score (nSPS) is 28.4. The number of nitrogens with one attached hydrogen (secondary N) is 1. The van der Waals surface area contributed by atoms with Gasteiger partial charge in [0.05, 0.1) is 25.4 Å². The van der Waals surface area contributed by atoms with Gasteiger partial charge in [0, 0.05) is 38.1 Å². The molecular weight excluding hydrogens is 256 g/mol. The minimum atomic E-state index is -0.418. The molecule has 6 nitrogen and oxygen atoms in total. The van der Waals surface area contributed by atoms with Crippen molar-refractivity contribution in [2.75, 3.05) is 32.8 Å². The van der Waals surface area contributed by atoms with Crippen molar-refractivity contribution in [2.45, 2.75) is 37.6 Å². The van der Waals surface area contributed by atoms with Gasteiger partial charge < -0.3 is 15.2 Å². The van der Waals surface area contributed by atoms with Gasteiger partial charge in [-0.05, 0) is 25.5 Å². The Hall–Kier alpha value is -0.950.